The molecule has 0 fully saturated rings. The number of nitrogens with zero attached hydrogens (tertiary/aromatic N) is 3. The molecule has 0 spiro atoms. The Balaban J connectivity index is 2.22. The summed E-state index contributed by atoms with van der Waals surface area (Å²) < 4.78 is 0. The van der Waals surface area contributed by atoms with Gasteiger partial charge >= 0.3 is 0 Å². The molecule has 0 aliphatic rings. The fourth-order valence-electron chi connectivity index (χ4n) is 1.70. The molecule has 6 heteroatoms. The van der Waals surface area contributed by atoms with Crippen molar-refractivity contribution >= 4 is 34.7 Å². The second-order valence-electron chi connectivity index (χ2n) is 4.19. The van der Waals surface area contributed by atoms with Crippen LogP contribution in [0.2, 0.25) is 0 Å². The Morgan fingerprint density at radius 2 is 2.22 bits per heavy atom. The standard InChI is InChI=1S/C12H18N4S2/c1-4-5-6-8(2)18-11-9-10(14-7-13-9)15-12(16-11)17-3/h7-8H,4-6H2,1-3H3,(H,13,14,15,16). The van der Waals surface area contributed by atoms with E-state index in [1.54, 1.807) is 29.9 Å². The van der Waals surface area contributed by atoms with Crippen molar-refractivity contribution in [3.63, 3.8) is 0 Å². The van der Waals surface area contributed by atoms with Crippen LogP contribution in [-0.2, 0) is 0 Å². The van der Waals surface area contributed by atoms with E-state index < -0.39 is 0 Å². The van der Waals surface area contributed by atoms with Gasteiger partial charge in [-0.25, -0.2) is 15.0 Å². The first-order valence-electron chi connectivity index (χ1n) is 6.16. The van der Waals surface area contributed by atoms with E-state index in [9.17, 15) is 0 Å². The predicted molar refractivity (Wildman–Crippen MR) is 78.3 cm³/mol. The minimum atomic E-state index is 0.564. The molecule has 0 aliphatic heterocycles. The third-order valence-electron chi connectivity index (χ3n) is 2.69. The average molecular weight is 282 g/mol. The van der Waals surface area contributed by atoms with Crippen LogP contribution in [0.3, 0.4) is 0 Å². The van der Waals surface area contributed by atoms with Crippen LogP contribution in [0.1, 0.15) is 33.1 Å². The molecule has 0 amide bonds. The van der Waals surface area contributed by atoms with Gasteiger partial charge in [0.15, 0.2) is 10.8 Å². The summed E-state index contributed by atoms with van der Waals surface area (Å²) in [6, 6.07) is 0. The van der Waals surface area contributed by atoms with Gasteiger partial charge in [-0.15, -0.1) is 11.8 Å². The minimum Gasteiger partial charge on any atom is -0.329 e. The second-order valence-corrected chi connectivity index (χ2v) is 6.39. The lowest BCUT2D eigenvalue weighted by atomic mass is 10.2. The molecule has 18 heavy (non-hydrogen) atoms. The molecular weight excluding hydrogens is 264 g/mol. The number of nitrogens with one attached hydrogen (secondary N) is 1. The number of aromatic nitrogens is 4. The highest BCUT2D eigenvalue weighted by atomic mass is 32.2. The van der Waals surface area contributed by atoms with Crippen molar-refractivity contribution < 1.29 is 0 Å². The molecule has 0 aromatic carbocycles. The van der Waals surface area contributed by atoms with Crippen molar-refractivity contribution in [2.45, 2.75) is 48.5 Å². The van der Waals surface area contributed by atoms with Crippen LogP contribution in [0, 0.1) is 0 Å². The topological polar surface area (TPSA) is 54.5 Å². The molecule has 0 aliphatic carbocycles. The Morgan fingerprint density at radius 1 is 1.39 bits per heavy atom. The summed E-state index contributed by atoms with van der Waals surface area (Å²) in [5.41, 5.74) is 1.72. The molecule has 0 saturated carbocycles. The first-order chi connectivity index (χ1) is 8.74. The van der Waals surface area contributed by atoms with Crippen molar-refractivity contribution in [3.8, 4) is 0 Å². The maximum atomic E-state index is 4.57. The van der Waals surface area contributed by atoms with E-state index in [0.29, 0.717) is 5.25 Å². The fraction of sp³-hybridized carbons (Fsp3) is 0.583. The van der Waals surface area contributed by atoms with Gasteiger partial charge in [-0.2, -0.15) is 0 Å². The van der Waals surface area contributed by atoms with E-state index in [2.05, 4.69) is 33.8 Å². The highest BCUT2D eigenvalue weighted by Crippen LogP contribution is 2.30. The monoisotopic (exact) mass is 282 g/mol. The Bertz CT molecular complexity index is 512. The molecule has 1 atom stereocenters. The van der Waals surface area contributed by atoms with Crippen molar-refractivity contribution in [2.24, 2.45) is 0 Å². The van der Waals surface area contributed by atoms with Crippen LogP contribution < -0.4 is 0 Å². The molecule has 4 nitrogen and oxygen atoms in total. The SMILES string of the molecule is CCCCC(C)Sc1nc(SC)nc2[nH]cnc12. The fourth-order valence-corrected chi connectivity index (χ4v) is 3.19. The largest absolute Gasteiger partial charge is 0.329 e. The van der Waals surface area contributed by atoms with E-state index in [1.807, 2.05) is 6.26 Å². The minimum absolute atomic E-state index is 0.564. The van der Waals surface area contributed by atoms with E-state index in [1.165, 1.54) is 19.3 Å². The van der Waals surface area contributed by atoms with E-state index in [-0.39, 0.29) is 0 Å². The van der Waals surface area contributed by atoms with Crippen molar-refractivity contribution in [1.29, 1.82) is 0 Å². The van der Waals surface area contributed by atoms with E-state index in [0.717, 1.165) is 21.3 Å². The summed E-state index contributed by atoms with van der Waals surface area (Å²) in [6.45, 7) is 4.47. The van der Waals surface area contributed by atoms with E-state index >= 15 is 0 Å². The number of thioether (sulfide) groups is 2. The zero-order valence-electron chi connectivity index (χ0n) is 10.9. The van der Waals surface area contributed by atoms with Crippen LogP contribution in [-0.4, -0.2) is 31.4 Å². The molecule has 2 aromatic rings. The van der Waals surface area contributed by atoms with Gasteiger partial charge in [0.25, 0.3) is 0 Å². The van der Waals surface area contributed by atoms with Gasteiger partial charge in [-0.1, -0.05) is 38.5 Å². The van der Waals surface area contributed by atoms with Gasteiger partial charge in [-0.05, 0) is 12.7 Å². The number of rotatable bonds is 6. The normalized spacial score (nSPS) is 13.1. The van der Waals surface area contributed by atoms with Gasteiger partial charge in [0.2, 0.25) is 0 Å². The number of hydrogen-bond acceptors (Lipinski definition) is 5. The second kappa shape index (κ2) is 6.43. The maximum absolute atomic E-state index is 4.57. The Morgan fingerprint density at radius 3 is 2.94 bits per heavy atom. The molecule has 0 radical (unpaired) electrons. The summed E-state index contributed by atoms with van der Waals surface area (Å²) in [4.78, 5) is 16.4. The number of aromatic amines is 1. The Kier molecular flexibility index (Phi) is 4.88. The average Bonchev–Trinajstić information content (AvgIpc) is 2.84. The lowest BCUT2D eigenvalue weighted by Gasteiger charge is -2.10. The quantitative estimate of drug-likeness (QED) is 0.497. The van der Waals surface area contributed by atoms with Crippen molar-refractivity contribution in [3.05, 3.63) is 6.33 Å². The summed E-state index contributed by atoms with van der Waals surface area (Å²) >= 11 is 3.36. The third kappa shape index (κ3) is 3.17. The van der Waals surface area contributed by atoms with Crippen LogP contribution in [0.15, 0.2) is 16.5 Å². The molecule has 0 saturated heterocycles. The summed E-state index contributed by atoms with van der Waals surface area (Å²) in [5.74, 6) is 0. The maximum Gasteiger partial charge on any atom is 0.190 e. The highest BCUT2D eigenvalue weighted by molar-refractivity contribution is 8.00. The predicted octanol–water partition coefficient (Wildman–Crippen LogP) is 3.75. The van der Waals surface area contributed by atoms with Crippen LogP contribution in [0.25, 0.3) is 11.2 Å². The Hall–Kier alpha value is -0.750. The molecule has 1 unspecified atom stereocenters. The number of imidazole rings is 1. The summed E-state index contributed by atoms with van der Waals surface area (Å²) in [6.07, 6.45) is 7.39. The molecular formula is C12H18N4S2. The first kappa shape index (κ1) is 13.7. The molecule has 1 N–H and O–H groups in total. The summed E-state index contributed by atoms with van der Waals surface area (Å²) in [7, 11) is 0. The number of H-pyrrole nitrogens is 1. The molecule has 2 aromatic heterocycles. The van der Waals surface area contributed by atoms with Gasteiger partial charge in [0.1, 0.15) is 10.5 Å². The van der Waals surface area contributed by atoms with Gasteiger partial charge < -0.3 is 4.98 Å². The third-order valence-corrected chi connectivity index (χ3v) is 4.38. The molecule has 0 bridgehead atoms. The van der Waals surface area contributed by atoms with Crippen LogP contribution in [0.5, 0.6) is 0 Å². The van der Waals surface area contributed by atoms with Crippen molar-refractivity contribution in [1.82, 2.24) is 19.9 Å². The summed E-state index contributed by atoms with van der Waals surface area (Å²) in [5, 5.41) is 2.36. The van der Waals surface area contributed by atoms with E-state index in [4.69, 9.17) is 0 Å². The molecule has 2 rings (SSSR count). The number of unbranched alkanes of at least 4 members (excludes halogenated alkanes) is 1. The zero-order valence-corrected chi connectivity index (χ0v) is 12.6. The Labute approximate surface area is 116 Å². The lowest BCUT2D eigenvalue weighted by Crippen LogP contribution is -1.99. The number of hydrogen-bond donors (Lipinski definition) is 1. The zero-order chi connectivity index (χ0) is 13.0. The smallest absolute Gasteiger partial charge is 0.190 e. The molecule has 2 heterocycles. The van der Waals surface area contributed by atoms with Gasteiger partial charge in [0.05, 0.1) is 6.33 Å². The van der Waals surface area contributed by atoms with Gasteiger partial charge in [0, 0.05) is 5.25 Å². The molecule has 98 valence electrons. The highest BCUT2D eigenvalue weighted by Gasteiger charge is 2.13. The van der Waals surface area contributed by atoms with Gasteiger partial charge in [-0.3, -0.25) is 0 Å². The van der Waals surface area contributed by atoms with Crippen LogP contribution in [0.4, 0.5) is 0 Å². The first-order valence-corrected chi connectivity index (χ1v) is 8.26. The van der Waals surface area contributed by atoms with Crippen LogP contribution >= 0.6 is 23.5 Å². The lowest BCUT2D eigenvalue weighted by molar-refractivity contribution is 0.712. The number of fused-ring (bicyclic) bond motifs is 1. The van der Waals surface area contributed by atoms with Crippen molar-refractivity contribution in [2.75, 3.05) is 6.26 Å².